The number of hydrogen-bond donors (Lipinski definition) is 2. The van der Waals surface area contributed by atoms with Crippen molar-refractivity contribution >= 4 is 27.7 Å². The van der Waals surface area contributed by atoms with Gasteiger partial charge >= 0.3 is 0 Å². The Hall–Kier alpha value is -1.17. The van der Waals surface area contributed by atoms with Crippen LogP contribution in [0.5, 0.6) is 0 Å². The Morgan fingerprint density at radius 2 is 2.18 bits per heavy atom. The monoisotopic (exact) mass is 300 g/mol. The van der Waals surface area contributed by atoms with E-state index in [2.05, 4.69) is 36.5 Å². The number of halogens is 1. The van der Waals surface area contributed by atoms with Gasteiger partial charge < -0.3 is 10.6 Å². The molecule has 6 heteroatoms. The molecule has 17 heavy (non-hydrogen) atoms. The van der Waals surface area contributed by atoms with Crippen LogP contribution in [0.25, 0.3) is 0 Å². The number of anilines is 1. The van der Waals surface area contributed by atoms with Crippen LogP contribution in [0.15, 0.2) is 10.7 Å². The molecule has 0 atom stereocenters. The molecule has 0 unspecified atom stereocenters. The molecule has 0 aliphatic heterocycles. The standard InChI is InChI=1S/C11H17BrN4O/c1-3-5-14-11(17)4-6-13-10-7-9(12)15-8(2)16-10/h7H,3-6H2,1-2H3,(H,14,17)(H,13,15,16). The molecule has 0 saturated heterocycles. The van der Waals surface area contributed by atoms with Gasteiger partial charge in [-0.05, 0) is 29.3 Å². The van der Waals surface area contributed by atoms with Gasteiger partial charge in [0, 0.05) is 25.6 Å². The third-order valence-electron chi connectivity index (χ3n) is 2.04. The molecule has 0 fully saturated rings. The van der Waals surface area contributed by atoms with E-state index in [1.807, 2.05) is 13.8 Å². The van der Waals surface area contributed by atoms with Gasteiger partial charge in [0.15, 0.2) is 0 Å². The summed E-state index contributed by atoms with van der Waals surface area (Å²) in [5.41, 5.74) is 0. The van der Waals surface area contributed by atoms with Gasteiger partial charge in [0.25, 0.3) is 0 Å². The Balaban J connectivity index is 2.33. The lowest BCUT2D eigenvalue weighted by atomic mass is 10.3. The van der Waals surface area contributed by atoms with E-state index in [9.17, 15) is 4.79 Å². The Kier molecular flexibility index (Phi) is 5.90. The van der Waals surface area contributed by atoms with Gasteiger partial charge in [-0.15, -0.1) is 0 Å². The fraction of sp³-hybridized carbons (Fsp3) is 0.545. The predicted molar refractivity (Wildman–Crippen MR) is 70.9 cm³/mol. The zero-order valence-electron chi connectivity index (χ0n) is 10.1. The summed E-state index contributed by atoms with van der Waals surface area (Å²) in [6, 6.07) is 1.79. The van der Waals surface area contributed by atoms with Gasteiger partial charge in [-0.25, -0.2) is 9.97 Å². The van der Waals surface area contributed by atoms with Gasteiger partial charge in [0.05, 0.1) is 0 Å². The summed E-state index contributed by atoms with van der Waals surface area (Å²) in [7, 11) is 0. The van der Waals surface area contributed by atoms with Gasteiger partial charge in [0.1, 0.15) is 16.2 Å². The fourth-order valence-corrected chi connectivity index (χ4v) is 1.75. The molecule has 0 bridgehead atoms. The maximum Gasteiger partial charge on any atom is 0.221 e. The molecule has 0 aliphatic carbocycles. The third-order valence-corrected chi connectivity index (χ3v) is 2.44. The van der Waals surface area contributed by atoms with Crippen LogP contribution in [0.4, 0.5) is 5.82 Å². The number of hydrogen-bond acceptors (Lipinski definition) is 4. The summed E-state index contributed by atoms with van der Waals surface area (Å²) < 4.78 is 0.739. The molecule has 1 aromatic rings. The average molecular weight is 301 g/mol. The van der Waals surface area contributed by atoms with Gasteiger partial charge in [-0.3, -0.25) is 4.79 Å². The SMILES string of the molecule is CCCNC(=O)CCNc1cc(Br)nc(C)n1. The second kappa shape index (κ2) is 7.21. The van der Waals surface area contributed by atoms with E-state index in [1.165, 1.54) is 0 Å². The van der Waals surface area contributed by atoms with Crippen LogP contribution in [-0.4, -0.2) is 29.0 Å². The minimum Gasteiger partial charge on any atom is -0.369 e. The summed E-state index contributed by atoms with van der Waals surface area (Å²) >= 11 is 3.30. The fourth-order valence-electron chi connectivity index (χ4n) is 1.28. The van der Waals surface area contributed by atoms with Gasteiger partial charge in [-0.2, -0.15) is 0 Å². The van der Waals surface area contributed by atoms with Gasteiger partial charge in [0.2, 0.25) is 5.91 Å². The van der Waals surface area contributed by atoms with Crippen molar-refractivity contribution in [1.29, 1.82) is 0 Å². The minimum absolute atomic E-state index is 0.0594. The van der Waals surface area contributed by atoms with Crippen molar-refractivity contribution in [3.05, 3.63) is 16.5 Å². The van der Waals surface area contributed by atoms with Crippen LogP contribution in [0.1, 0.15) is 25.6 Å². The first-order chi connectivity index (χ1) is 8.11. The number of aromatic nitrogens is 2. The summed E-state index contributed by atoms with van der Waals surface area (Å²) in [6.07, 6.45) is 1.40. The topological polar surface area (TPSA) is 66.9 Å². The van der Waals surface area contributed by atoms with Crippen LogP contribution in [0.2, 0.25) is 0 Å². The lowest BCUT2D eigenvalue weighted by Crippen LogP contribution is -2.26. The van der Waals surface area contributed by atoms with Crippen LogP contribution in [-0.2, 0) is 4.79 Å². The molecule has 94 valence electrons. The summed E-state index contributed by atoms with van der Waals surface area (Å²) in [6.45, 7) is 5.15. The van der Waals surface area contributed by atoms with E-state index < -0.39 is 0 Å². The zero-order valence-corrected chi connectivity index (χ0v) is 11.7. The molecule has 0 saturated carbocycles. The molecule has 2 N–H and O–H groups in total. The number of nitrogens with zero attached hydrogens (tertiary/aromatic N) is 2. The number of amides is 1. The first-order valence-corrected chi connectivity index (χ1v) is 6.43. The molecule has 1 amide bonds. The first-order valence-electron chi connectivity index (χ1n) is 5.63. The predicted octanol–water partition coefficient (Wildman–Crippen LogP) is 1.88. The Morgan fingerprint density at radius 1 is 1.41 bits per heavy atom. The van der Waals surface area contributed by atoms with Crippen molar-refractivity contribution in [3.8, 4) is 0 Å². The number of aryl methyl sites for hydroxylation is 1. The summed E-state index contributed by atoms with van der Waals surface area (Å²) in [5, 5.41) is 5.91. The highest BCUT2D eigenvalue weighted by atomic mass is 79.9. The van der Waals surface area contributed by atoms with E-state index in [0.29, 0.717) is 18.8 Å². The van der Waals surface area contributed by atoms with Crippen molar-refractivity contribution in [2.24, 2.45) is 0 Å². The smallest absolute Gasteiger partial charge is 0.221 e. The zero-order chi connectivity index (χ0) is 12.7. The average Bonchev–Trinajstić information content (AvgIpc) is 2.25. The molecule has 0 radical (unpaired) electrons. The molecule has 0 aliphatic rings. The minimum atomic E-state index is 0.0594. The third kappa shape index (κ3) is 5.63. The van der Waals surface area contributed by atoms with Crippen molar-refractivity contribution in [1.82, 2.24) is 15.3 Å². The van der Waals surface area contributed by atoms with E-state index in [-0.39, 0.29) is 5.91 Å². The molecular formula is C11H17BrN4O. The molecule has 1 aromatic heterocycles. The van der Waals surface area contributed by atoms with E-state index in [0.717, 1.165) is 23.4 Å². The Morgan fingerprint density at radius 3 is 2.82 bits per heavy atom. The van der Waals surface area contributed by atoms with Crippen LogP contribution < -0.4 is 10.6 Å². The number of nitrogens with one attached hydrogen (secondary N) is 2. The summed E-state index contributed by atoms with van der Waals surface area (Å²) in [5.74, 6) is 1.48. The maximum atomic E-state index is 11.3. The van der Waals surface area contributed by atoms with Crippen molar-refractivity contribution in [2.45, 2.75) is 26.7 Å². The van der Waals surface area contributed by atoms with Crippen LogP contribution in [0, 0.1) is 6.92 Å². The van der Waals surface area contributed by atoms with Gasteiger partial charge in [-0.1, -0.05) is 6.92 Å². The first kappa shape index (κ1) is 13.9. The maximum absolute atomic E-state index is 11.3. The number of carbonyl (C=O) groups excluding carboxylic acids is 1. The molecule has 1 rings (SSSR count). The molecule has 1 heterocycles. The Bertz CT molecular complexity index is 363. The van der Waals surface area contributed by atoms with E-state index in [4.69, 9.17) is 0 Å². The van der Waals surface area contributed by atoms with Crippen molar-refractivity contribution < 1.29 is 4.79 Å². The molecule has 5 nitrogen and oxygen atoms in total. The lowest BCUT2D eigenvalue weighted by molar-refractivity contribution is -0.120. The number of carbonyl (C=O) groups is 1. The quantitative estimate of drug-likeness (QED) is 0.787. The highest BCUT2D eigenvalue weighted by molar-refractivity contribution is 9.10. The molecule has 0 aromatic carbocycles. The molecular weight excluding hydrogens is 284 g/mol. The van der Waals surface area contributed by atoms with Crippen molar-refractivity contribution in [2.75, 3.05) is 18.4 Å². The van der Waals surface area contributed by atoms with Crippen LogP contribution >= 0.6 is 15.9 Å². The van der Waals surface area contributed by atoms with Crippen molar-refractivity contribution in [3.63, 3.8) is 0 Å². The lowest BCUT2D eigenvalue weighted by Gasteiger charge is -2.07. The van der Waals surface area contributed by atoms with E-state index >= 15 is 0 Å². The largest absolute Gasteiger partial charge is 0.369 e. The highest BCUT2D eigenvalue weighted by Crippen LogP contribution is 2.11. The number of rotatable bonds is 6. The summed E-state index contributed by atoms with van der Waals surface area (Å²) in [4.78, 5) is 19.6. The highest BCUT2D eigenvalue weighted by Gasteiger charge is 2.02. The van der Waals surface area contributed by atoms with Crippen LogP contribution in [0.3, 0.4) is 0 Å². The Labute approximate surface area is 110 Å². The normalized spacial score (nSPS) is 10.1. The van der Waals surface area contributed by atoms with E-state index in [1.54, 1.807) is 6.07 Å². The second-order valence-electron chi connectivity index (χ2n) is 3.65. The molecule has 0 spiro atoms. The second-order valence-corrected chi connectivity index (χ2v) is 4.46.